The van der Waals surface area contributed by atoms with Gasteiger partial charge in [0, 0.05) is 11.7 Å². The number of carboxylic acid groups (broad SMARTS) is 1. The third kappa shape index (κ3) is 5.10. The molecule has 0 fully saturated rings. The Labute approximate surface area is 124 Å². The van der Waals surface area contributed by atoms with Crippen LogP contribution in [0.3, 0.4) is 0 Å². The average molecular weight is 295 g/mol. The summed E-state index contributed by atoms with van der Waals surface area (Å²) in [7, 11) is 0. The van der Waals surface area contributed by atoms with Gasteiger partial charge in [0.05, 0.1) is 16.5 Å². The fourth-order valence-corrected chi connectivity index (χ4v) is 2.13. The number of nitriles is 1. The standard InChI is InChI=1S/C15H19ClN2O2/c1-10(15(19)20)4-3-5-11(2)18-13-7-6-12(9-17)14(16)8-13/h6-8,10-11,18H,3-5H2,1-2H3,(H,19,20). The number of aliphatic carboxylic acids is 1. The van der Waals surface area contributed by atoms with Crippen LogP contribution in [0.25, 0.3) is 0 Å². The molecule has 0 saturated carbocycles. The molecule has 20 heavy (non-hydrogen) atoms. The highest BCUT2D eigenvalue weighted by Gasteiger charge is 2.11. The summed E-state index contributed by atoms with van der Waals surface area (Å²) in [4.78, 5) is 10.7. The van der Waals surface area contributed by atoms with E-state index in [-0.39, 0.29) is 12.0 Å². The van der Waals surface area contributed by atoms with Gasteiger partial charge in [0.15, 0.2) is 0 Å². The average Bonchev–Trinajstić information content (AvgIpc) is 2.38. The summed E-state index contributed by atoms with van der Waals surface area (Å²) in [5.41, 5.74) is 1.33. The van der Waals surface area contributed by atoms with Crippen molar-refractivity contribution in [3.63, 3.8) is 0 Å². The SMILES string of the molecule is CC(CCCC(C)C(=O)O)Nc1ccc(C#N)c(Cl)c1. The van der Waals surface area contributed by atoms with Crippen LogP contribution < -0.4 is 5.32 Å². The fraction of sp³-hybridized carbons (Fsp3) is 0.467. The van der Waals surface area contributed by atoms with E-state index in [2.05, 4.69) is 5.32 Å². The summed E-state index contributed by atoms with van der Waals surface area (Å²) >= 11 is 5.97. The summed E-state index contributed by atoms with van der Waals surface area (Å²) < 4.78 is 0. The first-order chi connectivity index (χ1) is 9.43. The zero-order chi connectivity index (χ0) is 15.1. The van der Waals surface area contributed by atoms with Gasteiger partial charge >= 0.3 is 5.97 Å². The Morgan fingerprint density at radius 2 is 2.15 bits per heavy atom. The maximum absolute atomic E-state index is 10.7. The lowest BCUT2D eigenvalue weighted by molar-refractivity contribution is -0.141. The van der Waals surface area contributed by atoms with E-state index in [1.807, 2.05) is 19.1 Å². The minimum atomic E-state index is -0.746. The van der Waals surface area contributed by atoms with Crippen molar-refractivity contribution in [1.29, 1.82) is 5.26 Å². The molecule has 0 heterocycles. The van der Waals surface area contributed by atoms with Crippen molar-refractivity contribution in [2.45, 2.75) is 39.2 Å². The Morgan fingerprint density at radius 1 is 1.45 bits per heavy atom. The van der Waals surface area contributed by atoms with Crippen molar-refractivity contribution in [3.8, 4) is 6.07 Å². The highest BCUT2D eigenvalue weighted by molar-refractivity contribution is 6.32. The molecule has 0 aromatic heterocycles. The predicted molar refractivity (Wildman–Crippen MR) is 79.9 cm³/mol. The number of benzene rings is 1. The van der Waals surface area contributed by atoms with Gasteiger partial charge in [-0.15, -0.1) is 0 Å². The molecule has 1 aromatic carbocycles. The molecule has 1 aromatic rings. The molecule has 0 spiro atoms. The van der Waals surface area contributed by atoms with E-state index < -0.39 is 5.97 Å². The molecule has 0 radical (unpaired) electrons. The second-order valence-corrected chi connectivity index (χ2v) is 5.43. The van der Waals surface area contributed by atoms with Gasteiger partial charge in [-0.3, -0.25) is 4.79 Å². The Morgan fingerprint density at radius 3 is 2.70 bits per heavy atom. The number of hydrogen-bond donors (Lipinski definition) is 2. The molecule has 0 aliphatic carbocycles. The lowest BCUT2D eigenvalue weighted by Gasteiger charge is -2.16. The number of anilines is 1. The van der Waals surface area contributed by atoms with Crippen LogP contribution in [0.5, 0.6) is 0 Å². The molecule has 108 valence electrons. The van der Waals surface area contributed by atoms with Crippen LogP contribution in [0.15, 0.2) is 18.2 Å². The Hall–Kier alpha value is -1.73. The minimum Gasteiger partial charge on any atom is -0.481 e. The summed E-state index contributed by atoms with van der Waals surface area (Å²) in [5, 5.41) is 21.3. The van der Waals surface area contributed by atoms with Gasteiger partial charge in [-0.1, -0.05) is 24.9 Å². The molecule has 0 amide bonds. The van der Waals surface area contributed by atoms with Gasteiger partial charge in [0.2, 0.25) is 0 Å². The van der Waals surface area contributed by atoms with E-state index in [0.717, 1.165) is 18.5 Å². The summed E-state index contributed by atoms with van der Waals surface area (Å²) in [6, 6.07) is 7.48. The second kappa shape index (κ2) is 7.76. The van der Waals surface area contributed by atoms with Gasteiger partial charge in [0.25, 0.3) is 0 Å². The number of nitrogens with zero attached hydrogens (tertiary/aromatic N) is 1. The van der Waals surface area contributed by atoms with Crippen molar-refractivity contribution in [2.75, 3.05) is 5.32 Å². The number of carboxylic acids is 1. The zero-order valence-corrected chi connectivity index (χ0v) is 12.4. The van der Waals surface area contributed by atoms with E-state index in [1.165, 1.54) is 0 Å². The highest BCUT2D eigenvalue weighted by Crippen LogP contribution is 2.21. The lowest BCUT2D eigenvalue weighted by Crippen LogP contribution is -2.16. The molecular formula is C15H19ClN2O2. The van der Waals surface area contributed by atoms with E-state index in [4.69, 9.17) is 22.0 Å². The Balaban J connectivity index is 2.43. The van der Waals surface area contributed by atoms with Gasteiger partial charge in [0.1, 0.15) is 6.07 Å². The van der Waals surface area contributed by atoms with Gasteiger partial charge in [-0.25, -0.2) is 0 Å². The van der Waals surface area contributed by atoms with Crippen molar-refractivity contribution in [2.24, 2.45) is 5.92 Å². The largest absolute Gasteiger partial charge is 0.481 e. The third-order valence-electron chi connectivity index (χ3n) is 3.20. The first kappa shape index (κ1) is 16.3. The number of halogens is 1. The van der Waals surface area contributed by atoms with E-state index in [1.54, 1.807) is 19.1 Å². The number of rotatable bonds is 7. The van der Waals surface area contributed by atoms with Gasteiger partial charge in [-0.2, -0.15) is 5.26 Å². The van der Waals surface area contributed by atoms with Crippen molar-refractivity contribution >= 4 is 23.3 Å². The molecule has 0 aliphatic heterocycles. The van der Waals surface area contributed by atoms with Crippen molar-refractivity contribution in [3.05, 3.63) is 28.8 Å². The molecule has 2 N–H and O–H groups in total. The molecule has 4 nitrogen and oxygen atoms in total. The van der Waals surface area contributed by atoms with Crippen molar-refractivity contribution < 1.29 is 9.90 Å². The van der Waals surface area contributed by atoms with E-state index >= 15 is 0 Å². The molecule has 2 unspecified atom stereocenters. The molecule has 0 bridgehead atoms. The molecule has 0 saturated heterocycles. The zero-order valence-electron chi connectivity index (χ0n) is 11.7. The van der Waals surface area contributed by atoms with E-state index in [0.29, 0.717) is 17.0 Å². The Kier molecular flexibility index (Phi) is 6.33. The molecule has 0 aliphatic rings. The summed E-state index contributed by atoms with van der Waals surface area (Å²) in [6.45, 7) is 3.76. The van der Waals surface area contributed by atoms with Gasteiger partial charge < -0.3 is 10.4 Å². The van der Waals surface area contributed by atoms with Crippen LogP contribution in [0.2, 0.25) is 5.02 Å². The van der Waals surface area contributed by atoms with Crippen LogP contribution in [0.1, 0.15) is 38.7 Å². The summed E-state index contributed by atoms with van der Waals surface area (Å²) in [5.74, 6) is -1.05. The number of hydrogen-bond acceptors (Lipinski definition) is 3. The topological polar surface area (TPSA) is 73.1 Å². The van der Waals surface area contributed by atoms with Crippen molar-refractivity contribution in [1.82, 2.24) is 0 Å². The minimum absolute atomic E-state index is 0.222. The predicted octanol–water partition coefficient (Wildman–Crippen LogP) is 3.90. The first-order valence-corrected chi connectivity index (χ1v) is 7.00. The molecular weight excluding hydrogens is 276 g/mol. The smallest absolute Gasteiger partial charge is 0.306 e. The second-order valence-electron chi connectivity index (χ2n) is 5.02. The van der Waals surface area contributed by atoms with Crippen LogP contribution in [-0.4, -0.2) is 17.1 Å². The molecule has 1 rings (SSSR count). The first-order valence-electron chi connectivity index (χ1n) is 6.63. The highest BCUT2D eigenvalue weighted by atomic mass is 35.5. The van der Waals surface area contributed by atoms with Gasteiger partial charge in [-0.05, 0) is 38.0 Å². The van der Waals surface area contributed by atoms with Crippen LogP contribution in [-0.2, 0) is 4.79 Å². The maximum Gasteiger partial charge on any atom is 0.306 e. The Bertz CT molecular complexity index is 511. The van der Waals surface area contributed by atoms with Crippen LogP contribution in [0.4, 0.5) is 5.69 Å². The maximum atomic E-state index is 10.7. The monoisotopic (exact) mass is 294 g/mol. The summed E-state index contributed by atoms with van der Waals surface area (Å²) in [6.07, 6.45) is 2.41. The van der Waals surface area contributed by atoms with Crippen LogP contribution >= 0.6 is 11.6 Å². The quantitative estimate of drug-likeness (QED) is 0.800. The number of nitrogens with one attached hydrogen (secondary N) is 1. The fourth-order valence-electron chi connectivity index (χ4n) is 1.91. The number of carbonyl (C=O) groups is 1. The molecule has 2 atom stereocenters. The van der Waals surface area contributed by atoms with E-state index in [9.17, 15) is 4.79 Å². The lowest BCUT2D eigenvalue weighted by atomic mass is 10.0. The van der Waals surface area contributed by atoms with Crippen LogP contribution in [0, 0.1) is 17.2 Å². The molecule has 5 heteroatoms. The third-order valence-corrected chi connectivity index (χ3v) is 3.51. The normalized spacial score (nSPS) is 13.3.